The summed E-state index contributed by atoms with van der Waals surface area (Å²) in [5, 5.41) is 1.00. The van der Waals surface area contributed by atoms with Gasteiger partial charge in [-0.3, -0.25) is 4.31 Å². The van der Waals surface area contributed by atoms with Gasteiger partial charge in [0.2, 0.25) is 10.0 Å². The van der Waals surface area contributed by atoms with Gasteiger partial charge in [-0.05, 0) is 36.6 Å². The number of methoxy groups -OCH3 is 1. The highest BCUT2D eigenvalue weighted by Gasteiger charge is 2.30. The summed E-state index contributed by atoms with van der Waals surface area (Å²) in [5.74, 6) is 1.45. The quantitative estimate of drug-likeness (QED) is 0.870. The molecule has 1 aliphatic heterocycles. The van der Waals surface area contributed by atoms with Crippen molar-refractivity contribution in [1.29, 1.82) is 0 Å². The number of nitrogens with zero attached hydrogens (tertiary/aromatic N) is 2. The molecule has 0 unspecified atom stereocenters. The number of aromatic nitrogens is 1. The predicted molar refractivity (Wildman–Crippen MR) is 83.4 cm³/mol. The van der Waals surface area contributed by atoms with Crippen LogP contribution in [0.15, 0.2) is 24.3 Å². The Morgan fingerprint density at radius 3 is 2.86 bits per heavy atom. The van der Waals surface area contributed by atoms with Crippen molar-refractivity contribution in [3.05, 3.63) is 29.8 Å². The fourth-order valence-corrected chi connectivity index (χ4v) is 4.20. The average molecular weight is 306 g/mol. The van der Waals surface area contributed by atoms with E-state index in [0.29, 0.717) is 25.2 Å². The van der Waals surface area contributed by atoms with Gasteiger partial charge in [-0.2, -0.15) is 0 Å². The molecule has 5 nitrogen and oxygen atoms in total. The van der Waals surface area contributed by atoms with Crippen LogP contribution in [-0.4, -0.2) is 32.8 Å². The van der Waals surface area contributed by atoms with Crippen molar-refractivity contribution in [3.63, 3.8) is 0 Å². The summed E-state index contributed by atoms with van der Waals surface area (Å²) in [7, 11) is -1.66. The molecule has 0 saturated heterocycles. The van der Waals surface area contributed by atoms with Crippen LogP contribution in [0.4, 0.5) is 5.82 Å². The number of fused-ring (bicyclic) bond motifs is 2. The van der Waals surface area contributed by atoms with Crippen LogP contribution >= 0.6 is 0 Å². The van der Waals surface area contributed by atoms with Crippen molar-refractivity contribution < 1.29 is 13.2 Å². The highest BCUT2D eigenvalue weighted by molar-refractivity contribution is 7.92. The van der Waals surface area contributed by atoms with E-state index in [1.807, 2.05) is 31.2 Å². The first-order chi connectivity index (χ1) is 10.0. The van der Waals surface area contributed by atoms with E-state index in [-0.39, 0.29) is 5.75 Å². The molecule has 0 bridgehead atoms. The molecule has 6 heteroatoms. The second kappa shape index (κ2) is 5.18. The lowest BCUT2D eigenvalue weighted by Gasteiger charge is -2.18. The maximum Gasteiger partial charge on any atom is 0.236 e. The van der Waals surface area contributed by atoms with Crippen LogP contribution in [-0.2, 0) is 16.4 Å². The molecule has 2 aromatic rings. The highest BCUT2D eigenvalue weighted by atomic mass is 32.2. The molecule has 0 saturated carbocycles. The van der Waals surface area contributed by atoms with Gasteiger partial charge in [-0.1, -0.05) is 6.92 Å². The molecule has 0 N–H and O–H groups in total. The zero-order valence-electron chi connectivity index (χ0n) is 12.2. The Kier molecular flexibility index (Phi) is 3.49. The highest BCUT2D eigenvalue weighted by Crippen LogP contribution is 2.32. The minimum atomic E-state index is -3.27. The van der Waals surface area contributed by atoms with Gasteiger partial charge in [0.15, 0.2) is 0 Å². The number of benzene rings is 1. The third-order valence-corrected chi connectivity index (χ3v) is 5.65. The van der Waals surface area contributed by atoms with Gasteiger partial charge in [0, 0.05) is 18.0 Å². The molecule has 0 amide bonds. The SMILES string of the molecule is CCCS(=O)(=O)N1CCc2cc3ccc(OC)cc3nc21. The Morgan fingerprint density at radius 2 is 2.14 bits per heavy atom. The number of anilines is 1. The molecule has 0 aliphatic carbocycles. The molecule has 0 spiro atoms. The van der Waals surface area contributed by atoms with Crippen LogP contribution in [0.2, 0.25) is 0 Å². The molecular weight excluding hydrogens is 288 g/mol. The standard InChI is InChI=1S/C15H18N2O3S/c1-3-8-21(18,19)17-7-6-12-9-11-4-5-13(20-2)10-14(11)16-15(12)17/h4-5,9-10H,3,6-8H2,1-2H3. The fraction of sp³-hybridized carbons (Fsp3) is 0.400. The molecule has 0 fully saturated rings. The number of ether oxygens (including phenoxy) is 1. The van der Waals surface area contributed by atoms with E-state index in [1.165, 1.54) is 4.31 Å². The van der Waals surface area contributed by atoms with Crippen LogP contribution in [0.5, 0.6) is 5.75 Å². The summed E-state index contributed by atoms with van der Waals surface area (Å²) in [5.41, 5.74) is 1.75. The molecule has 1 aromatic heterocycles. The monoisotopic (exact) mass is 306 g/mol. The van der Waals surface area contributed by atoms with Gasteiger partial charge in [0.1, 0.15) is 11.6 Å². The Labute approximate surface area is 124 Å². The van der Waals surface area contributed by atoms with Crippen molar-refractivity contribution in [3.8, 4) is 5.75 Å². The lowest BCUT2D eigenvalue weighted by molar-refractivity contribution is 0.415. The molecule has 0 radical (unpaired) electrons. The molecule has 2 heterocycles. The van der Waals surface area contributed by atoms with Gasteiger partial charge >= 0.3 is 0 Å². The van der Waals surface area contributed by atoms with E-state index in [2.05, 4.69) is 4.98 Å². The van der Waals surface area contributed by atoms with E-state index in [4.69, 9.17) is 4.74 Å². The van der Waals surface area contributed by atoms with Crippen LogP contribution in [0.3, 0.4) is 0 Å². The lowest BCUT2D eigenvalue weighted by atomic mass is 10.1. The molecule has 0 atom stereocenters. The van der Waals surface area contributed by atoms with Gasteiger partial charge in [-0.25, -0.2) is 13.4 Å². The largest absolute Gasteiger partial charge is 0.497 e. The van der Waals surface area contributed by atoms with Crippen LogP contribution in [0, 0.1) is 0 Å². The van der Waals surface area contributed by atoms with E-state index >= 15 is 0 Å². The van der Waals surface area contributed by atoms with E-state index in [9.17, 15) is 8.42 Å². The summed E-state index contributed by atoms with van der Waals surface area (Å²) >= 11 is 0. The summed E-state index contributed by atoms with van der Waals surface area (Å²) in [6.45, 7) is 2.35. The number of hydrogen-bond acceptors (Lipinski definition) is 4. The minimum Gasteiger partial charge on any atom is -0.497 e. The van der Waals surface area contributed by atoms with Gasteiger partial charge in [-0.15, -0.1) is 0 Å². The number of hydrogen-bond donors (Lipinski definition) is 0. The molecule has 3 rings (SSSR count). The van der Waals surface area contributed by atoms with Gasteiger partial charge < -0.3 is 4.74 Å². The van der Waals surface area contributed by atoms with E-state index in [0.717, 1.165) is 22.2 Å². The third kappa shape index (κ3) is 2.44. The summed E-state index contributed by atoms with van der Waals surface area (Å²) in [4.78, 5) is 4.56. The van der Waals surface area contributed by atoms with Crippen molar-refractivity contribution in [1.82, 2.24) is 4.98 Å². The first-order valence-electron chi connectivity index (χ1n) is 7.03. The first kappa shape index (κ1) is 14.1. The molecule has 1 aromatic carbocycles. The van der Waals surface area contributed by atoms with Crippen LogP contribution in [0.25, 0.3) is 10.9 Å². The average Bonchev–Trinajstić information content (AvgIpc) is 2.87. The molecular formula is C15H18N2O3S. The predicted octanol–water partition coefficient (Wildman–Crippen LogP) is 2.35. The zero-order valence-corrected chi connectivity index (χ0v) is 13.0. The Bertz CT molecular complexity index is 787. The second-order valence-electron chi connectivity index (χ2n) is 5.17. The van der Waals surface area contributed by atoms with Crippen LogP contribution in [0.1, 0.15) is 18.9 Å². The fourth-order valence-electron chi connectivity index (χ4n) is 2.67. The van der Waals surface area contributed by atoms with Gasteiger partial charge in [0.25, 0.3) is 0 Å². The van der Waals surface area contributed by atoms with Crippen LogP contribution < -0.4 is 9.04 Å². The van der Waals surface area contributed by atoms with Crippen molar-refractivity contribution in [2.75, 3.05) is 23.7 Å². The first-order valence-corrected chi connectivity index (χ1v) is 8.64. The third-order valence-electron chi connectivity index (χ3n) is 3.70. The smallest absolute Gasteiger partial charge is 0.236 e. The summed E-state index contributed by atoms with van der Waals surface area (Å²) in [6.07, 6.45) is 1.32. The number of rotatable bonds is 4. The Morgan fingerprint density at radius 1 is 1.33 bits per heavy atom. The van der Waals surface area contributed by atoms with Crippen molar-refractivity contribution in [2.45, 2.75) is 19.8 Å². The summed E-state index contributed by atoms with van der Waals surface area (Å²) in [6, 6.07) is 7.69. The van der Waals surface area contributed by atoms with E-state index < -0.39 is 10.0 Å². The lowest BCUT2D eigenvalue weighted by Crippen LogP contribution is -2.31. The zero-order chi connectivity index (χ0) is 15.0. The molecule has 112 valence electrons. The topological polar surface area (TPSA) is 59.5 Å². The Balaban J connectivity index is 2.11. The molecule has 1 aliphatic rings. The van der Waals surface area contributed by atoms with E-state index in [1.54, 1.807) is 7.11 Å². The van der Waals surface area contributed by atoms with Crippen molar-refractivity contribution in [2.24, 2.45) is 0 Å². The minimum absolute atomic E-state index is 0.157. The maximum atomic E-state index is 12.3. The van der Waals surface area contributed by atoms with Crippen molar-refractivity contribution >= 4 is 26.7 Å². The second-order valence-corrected chi connectivity index (χ2v) is 7.18. The molecule has 21 heavy (non-hydrogen) atoms. The Hall–Kier alpha value is -1.82. The number of pyridine rings is 1. The number of sulfonamides is 1. The van der Waals surface area contributed by atoms with Gasteiger partial charge in [0.05, 0.1) is 18.4 Å². The normalized spacial score (nSPS) is 14.5. The summed E-state index contributed by atoms with van der Waals surface area (Å²) < 4.78 is 31.3. The maximum absolute atomic E-state index is 12.3.